The van der Waals surface area contributed by atoms with Crippen LogP contribution >= 0.6 is 0 Å². The van der Waals surface area contributed by atoms with E-state index in [9.17, 15) is 4.79 Å². The summed E-state index contributed by atoms with van der Waals surface area (Å²) in [5, 5.41) is 3.92. The average molecular weight is 303 g/mol. The number of likely N-dealkylation sites (tertiary alicyclic amines) is 1. The summed E-state index contributed by atoms with van der Waals surface area (Å²) in [4.78, 5) is 18.9. The molecular formula is C16H21N3O3. The monoisotopic (exact) mass is 303 g/mol. The third kappa shape index (κ3) is 2.91. The second kappa shape index (κ2) is 5.94. The van der Waals surface area contributed by atoms with Gasteiger partial charge in [0.25, 0.3) is 5.91 Å². The molecule has 1 unspecified atom stereocenters. The maximum Gasteiger partial charge on any atom is 0.257 e. The van der Waals surface area contributed by atoms with Crippen molar-refractivity contribution < 1.29 is 13.7 Å². The quantitative estimate of drug-likeness (QED) is 0.868. The fourth-order valence-electron chi connectivity index (χ4n) is 3.14. The minimum absolute atomic E-state index is 0.0705. The first-order chi connectivity index (χ1) is 10.5. The predicted molar refractivity (Wildman–Crippen MR) is 79.6 cm³/mol. The summed E-state index contributed by atoms with van der Waals surface area (Å²) in [7, 11) is 0. The van der Waals surface area contributed by atoms with E-state index >= 15 is 0 Å². The van der Waals surface area contributed by atoms with Crippen LogP contribution in [0.15, 0.2) is 15.0 Å². The molecule has 1 aliphatic rings. The first-order valence-corrected chi connectivity index (χ1v) is 7.72. The summed E-state index contributed by atoms with van der Waals surface area (Å²) in [5.74, 6) is 2.84. The Labute approximate surface area is 129 Å². The molecule has 22 heavy (non-hydrogen) atoms. The van der Waals surface area contributed by atoms with Crippen LogP contribution in [0.4, 0.5) is 0 Å². The van der Waals surface area contributed by atoms with Crippen molar-refractivity contribution in [1.82, 2.24) is 15.0 Å². The standard InChI is InChI=1S/C16H21N3O3/c1-10-9-14(11(2)21-10)16(20)19-8-4-5-13(19)6-7-15-17-12(3)22-18-15/h9,13H,4-8H2,1-3H3. The molecule has 1 atom stereocenters. The Morgan fingerprint density at radius 1 is 1.41 bits per heavy atom. The number of carbonyl (C=O) groups excluding carboxylic acids is 1. The molecule has 0 aliphatic carbocycles. The van der Waals surface area contributed by atoms with E-state index in [-0.39, 0.29) is 11.9 Å². The fraction of sp³-hybridized carbons (Fsp3) is 0.562. The number of carbonyl (C=O) groups is 1. The Balaban J connectivity index is 1.67. The average Bonchev–Trinajstić information content (AvgIpc) is 3.16. The molecule has 1 aliphatic heterocycles. The van der Waals surface area contributed by atoms with Crippen LogP contribution in [-0.4, -0.2) is 33.5 Å². The van der Waals surface area contributed by atoms with Crippen molar-refractivity contribution in [2.24, 2.45) is 0 Å². The van der Waals surface area contributed by atoms with Crippen LogP contribution in [0.2, 0.25) is 0 Å². The SMILES string of the molecule is Cc1cc(C(=O)N2CCCC2CCc2noc(C)n2)c(C)o1. The van der Waals surface area contributed by atoms with E-state index in [1.807, 2.05) is 24.8 Å². The molecule has 0 saturated carbocycles. The van der Waals surface area contributed by atoms with Crippen molar-refractivity contribution in [2.45, 2.75) is 52.5 Å². The zero-order chi connectivity index (χ0) is 15.7. The first-order valence-electron chi connectivity index (χ1n) is 7.72. The molecule has 0 aromatic carbocycles. The lowest BCUT2D eigenvalue weighted by molar-refractivity contribution is 0.0728. The second-order valence-electron chi connectivity index (χ2n) is 5.89. The van der Waals surface area contributed by atoms with Gasteiger partial charge in [-0.3, -0.25) is 4.79 Å². The minimum atomic E-state index is 0.0705. The maximum atomic E-state index is 12.7. The lowest BCUT2D eigenvalue weighted by Crippen LogP contribution is -2.36. The number of aryl methyl sites for hydroxylation is 4. The van der Waals surface area contributed by atoms with E-state index in [0.717, 1.165) is 38.0 Å². The zero-order valence-electron chi connectivity index (χ0n) is 13.3. The molecule has 2 aromatic heterocycles. The number of hydrogen-bond donors (Lipinski definition) is 0. The van der Waals surface area contributed by atoms with Crippen LogP contribution in [0.1, 0.15) is 52.9 Å². The third-order valence-electron chi connectivity index (χ3n) is 4.18. The summed E-state index contributed by atoms with van der Waals surface area (Å²) in [6.07, 6.45) is 3.66. The van der Waals surface area contributed by atoms with Crippen LogP contribution in [0, 0.1) is 20.8 Å². The molecule has 3 heterocycles. The van der Waals surface area contributed by atoms with Crippen molar-refractivity contribution in [1.29, 1.82) is 0 Å². The van der Waals surface area contributed by atoms with E-state index in [4.69, 9.17) is 8.94 Å². The Kier molecular flexibility index (Phi) is 4.00. The fourth-order valence-corrected chi connectivity index (χ4v) is 3.14. The van der Waals surface area contributed by atoms with Gasteiger partial charge in [0.2, 0.25) is 5.89 Å². The summed E-state index contributed by atoms with van der Waals surface area (Å²) in [6.45, 7) is 6.29. The molecule has 2 aromatic rings. The van der Waals surface area contributed by atoms with Crippen LogP contribution in [-0.2, 0) is 6.42 Å². The number of amides is 1. The summed E-state index contributed by atoms with van der Waals surface area (Å²) in [6, 6.07) is 2.07. The van der Waals surface area contributed by atoms with E-state index < -0.39 is 0 Å². The lowest BCUT2D eigenvalue weighted by atomic mass is 10.1. The molecule has 1 saturated heterocycles. The van der Waals surface area contributed by atoms with E-state index in [1.165, 1.54) is 0 Å². The third-order valence-corrected chi connectivity index (χ3v) is 4.18. The Hall–Kier alpha value is -2.11. The van der Waals surface area contributed by atoms with E-state index in [1.54, 1.807) is 6.92 Å². The molecule has 6 nitrogen and oxygen atoms in total. The highest BCUT2D eigenvalue weighted by atomic mass is 16.5. The lowest BCUT2D eigenvalue weighted by Gasteiger charge is -2.24. The van der Waals surface area contributed by atoms with Gasteiger partial charge in [-0.2, -0.15) is 4.98 Å². The molecule has 0 spiro atoms. The topological polar surface area (TPSA) is 72.4 Å². The van der Waals surface area contributed by atoms with Gasteiger partial charge in [0, 0.05) is 25.9 Å². The molecule has 118 valence electrons. The highest BCUT2D eigenvalue weighted by molar-refractivity contribution is 5.95. The highest BCUT2D eigenvalue weighted by Gasteiger charge is 2.31. The number of nitrogens with zero attached hydrogens (tertiary/aromatic N) is 3. The van der Waals surface area contributed by atoms with Gasteiger partial charge in [0.15, 0.2) is 5.82 Å². The van der Waals surface area contributed by atoms with Gasteiger partial charge >= 0.3 is 0 Å². The van der Waals surface area contributed by atoms with Crippen molar-refractivity contribution in [2.75, 3.05) is 6.54 Å². The van der Waals surface area contributed by atoms with Crippen molar-refractivity contribution in [3.05, 3.63) is 34.9 Å². The molecule has 1 fully saturated rings. The Morgan fingerprint density at radius 3 is 2.86 bits per heavy atom. The predicted octanol–water partition coefficient (Wildman–Crippen LogP) is 2.83. The smallest absolute Gasteiger partial charge is 0.257 e. The molecule has 0 N–H and O–H groups in total. The normalized spacial score (nSPS) is 18.1. The number of aromatic nitrogens is 2. The second-order valence-corrected chi connectivity index (χ2v) is 5.89. The van der Waals surface area contributed by atoms with Crippen molar-refractivity contribution in [3.63, 3.8) is 0 Å². The van der Waals surface area contributed by atoms with E-state index in [2.05, 4.69) is 10.1 Å². The number of furan rings is 1. The van der Waals surface area contributed by atoms with Crippen LogP contribution in [0.3, 0.4) is 0 Å². The molecule has 3 rings (SSSR count). The molecule has 6 heteroatoms. The molecular weight excluding hydrogens is 282 g/mol. The number of rotatable bonds is 4. The molecule has 0 bridgehead atoms. The van der Waals surface area contributed by atoms with Crippen molar-refractivity contribution >= 4 is 5.91 Å². The molecule has 0 radical (unpaired) electrons. The summed E-state index contributed by atoms with van der Waals surface area (Å²) in [5.41, 5.74) is 0.680. The first kappa shape index (κ1) is 14.8. The van der Waals surface area contributed by atoms with Gasteiger partial charge in [-0.1, -0.05) is 5.16 Å². The Morgan fingerprint density at radius 2 is 2.23 bits per heavy atom. The van der Waals surface area contributed by atoms with Crippen LogP contribution < -0.4 is 0 Å². The van der Waals surface area contributed by atoms with Crippen LogP contribution in [0.5, 0.6) is 0 Å². The molecule has 1 amide bonds. The van der Waals surface area contributed by atoms with Crippen molar-refractivity contribution in [3.8, 4) is 0 Å². The van der Waals surface area contributed by atoms with E-state index in [0.29, 0.717) is 23.0 Å². The maximum absolute atomic E-state index is 12.7. The van der Waals surface area contributed by atoms with Gasteiger partial charge in [-0.15, -0.1) is 0 Å². The minimum Gasteiger partial charge on any atom is -0.466 e. The zero-order valence-corrected chi connectivity index (χ0v) is 13.3. The summed E-state index contributed by atoms with van der Waals surface area (Å²) < 4.78 is 10.5. The largest absolute Gasteiger partial charge is 0.466 e. The van der Waals surface area contributed by atoms with Gasteiger partial charge in [0.1, 0.15) is 11.5 Å². The van der Waals surface area contributed by atoms with Crippen LogP contribution in [0.25, 0.3) is 0 Å². The highest BCUT2D eigenvalue weighted by Crippen LogP contribution is 2.25. The number of hydrogen-bond acceptors (Lipinski definition) is 5. The van der Waals surface area contributed by atoms with Gasteiger partial charge < -0.3 is 13.8 Å². The van der Waals surface area contributed by atoms with Gasteiger partial charge in [-0.25, -0.2) is 0 Å². The van der Waals surface area contributed by atoms with Gasteiger partial charge in [-0.05, 0) is 39.2 Å². The van der Waals surface area contributed by atoms with Gasteiger partial charge in [0.05, 0.1) is 5.56 Å². The summed E-state index contributed by atoms with van der Waals surface area (Å²) >= 11 is 0. The Bertz CT molecular complexity index is 674.